The minimum Gasteiger partial charge on any atom is -0.457 e. The van der Waals surface area contributed by atoms with E-state index in [1.807, 2.05) is 0 Å². The van der Waals surface area contributed by atoms with Gasteiger partial charge < -0.3 is 24.6 Å². The summed E-state index contributed by atoms with van der Waals surface area (Å²) in [6.07, 6.45) is 28.2. The molecule has 0 saturated carbocycles. The predicted molar refractivity (Wildman–Crippen MR) is 192 cm³/mol. The molecule has 0 amide bonds. The van der Waals surface area contributed by atoms with Gasteiger partial charge in [-0.15, -0.1) is 0 Å². The highest BCUT2D eigenvalue weighted by Crippen LogP contribution is 2.43. The molecule has 48 heavy (non-hydrogen) atoms. The Labute approximate surface area is 293 Å². The van der Waals surface area contributed by atoms with E-state index in [9.17, 15) is 29.3 Å². The van der Waals surface area contributed by atoms with Gasteiger partial charge >= 0.3 is 19.8 Å². The van der Waals surface area contributed by atoms with Gasteiger partial charge in [-0.2, -0.15) is 0 Å². The number of carbonyl (C=O) groups is 2. The summed E-state index contributed by atoms with van der Waals surface area (Å²) in [4.78, 5) is 34.2. The highest BCUT2D eigenvalue weighted by atomic mass is 31.2. The molecule has 0 fully saturated rings. The molecule has 0 radical (unpaired) electrons. The van der Waals surface area contributed by atoms with Crippen LogP contribution < -0.4 is 0 Å². The summed E-state index contributed by atoms with van der Waals surface area (Å²) in [5.74, 6) is -1.02. The molecule has 3 atom stereocenters. The summed E-state index contributed by atoms with van der Waals surface area (Å²) < 4.78 is 32.3. The highest BCUT2D eigenvalue weighted by Gasteiger charge is 2.27. The van der Waals surface area contributed by atoms with Crippen molar-refractivity contribution in [1.29, 1.82) is 0 Å². The van der Waals surface area contributed by atoms with Gasteiger partial charge in [-0.25, -0.2) is 4.57 Å². The molecule has 11 heteroatoms. The first-order chi connectivity index (χ1) is 23.3. The number of unbranched alkanes of at least 4 members (excludes halogenated alkanes) is 23. The van der Waals surface area contributed by atoms with Crippen molar-refractivity contribution in [1.82, 2.24) is 0 Å². The van der Waals surface area contributed by atoms with Crippen LogP contribution in [0.2, 0.25) is 0 Å². The van der Waals surface area contributed by atoms with Gasteiger partial charge in [-0.3, -0.25) is 18.6 Å². The normalized spacial score (nSPS) is 14.0. The van der Waals surface area contributed by atoms with Crippen LogP contribution in [-0.4, -0.2) is 65.7 Å². The van der Waals surface area contributed by atoms with E-state index >= 15 is 0 Å². The van der Waals surface area contributed by atoms with Gasteiger partial charge in [-0.05, 0) is 12.8 Å². The summed E-state index contributed by atoms with van der Waals surface area (Å²) in [6.45, 7) is 2.16. The Morgan fingerprint density at radius 1 is 0.479 bits per heavy atom. The number of aliphatic hydroxyl groups excluding tert-OH is 2. The molecule has 0 aliphatic heterocycles. The fraction of sp³-hybridized carbons (Fsp3) is 0.946. The first-order valence-electron chi connectivity index (χ1n) is 19.5. The minimum atomic E-state index is -4.61. The smallest absolute Gasteiger partial charge is 0.457 e. The molecular weight excluding hydrogens is 635 g/mol. The van der Waals surface area contributed by atoms with Gasteiger partial charge in [0, 0.05) is 12.8 Å². The van der Waals surface area contributed by atoms with Gasteiger partial charge in [-0.1, -0.05) is 162 Å². The zero-order valence-corrected chi connectivity index (χ0v) is 31.6. The van der Waals surface area contributed by atoms with Crippen molar-refractivity contribution >= 4 is 19.8 Å². The number of rotatable bonds is 37. The zero-order valence-electron chi connectivity index (χ0n) is 30.7. The van der Waals surface area contributed by atoms with E-state index in [0.717, 1.165) is 38.5 Å². The monoisotopic (exact) mass is 708 g/mol. The molecule has 0 aliphatic rings. The highest BCUT2D eigenvalue weighted by molar-refractivity contribution is 7.47. The zero-order chi connectivity index (χ0) is 35.6. The van der Waals surface area contributed by atoms with Crippen LogP contribution in [0.3, 0.4) is 0 Å². The fourth-order valence-electron chi connectivity index (χ4n) is 5.53. The van der Waals surface area contributed by atoms with Crippen molar-refractivity contribution in [2.75, 3.05) is 26.4 Å². The maximum Gasteiger partial charge on any atom is 0.472 e. The molecule has 0 rings (SSSR count). The fourth-order valence-corrected chi connectivity index (χ4v) is 6.31. The Bertz CT molecular complexity index is 781. The Kier molecular flexibility index (Phi) is 33.7. The van der Waals surface area contributed by atoms with Gasteiger partial charge in [0.15, 0.2) is 0 Å². The molecule has 286 valence electrons. The maximum atomic E-state index is 12.3. The van der Waals surface area contributed by atoms with Crippen LogP contribution in [-0.2, 0) is 32.7 Å². The number of phosphoric ester groups is 1. The molecule has 3 unspecified atom stereocenters. The van der Waals surface area contributed by atoms with Crippen molar-refractivity contribution in [2.24, 2.45) is 0 Å². The third-order valence-corrected chi connectivity index (χ3v) is 9.52. The van der Waals surface area contributed by atoms with Crippen molar-refractivity contribution in [3.8, 4) is 0 Å². The van der Waals surface area contributed by atoms with E-state index in [1.54, 1.807) is 0 Å². The molecule has 0 bridgehead atoms. The number of esters is 2. The molecular formula is C37H73O10P. The van der Waals surface area contributed by atoms with Gasteiger partial charge in [0.2, 0.25) is 0 Å². The molecule has 0 spiro atoms. The van der Waals surface area contributed by atoms with Crippen LogP contribution in [0.1, 0.15) is 187 Å². The Balaban J connectivity index is 3.87. The maximum absolute atomic E-state index is 12.3. The van der Waals surface area contributed by atoms with Crippen LogP contribution in [0.25, 0.3) is 0 Å². The van der Waals surface area contributed by atoms with E-state index in [-0.39, 0.29) is 12.8 Å². The molecule has 0 aliphatic carbocycles. The van der Waals surface area contributed by atoms with Crippen molar-refractivity contribution in [2.45, 2.75) is 199 Å². The quantitative estimate of drug-likeness (QED) is 0.0324. The van der Waals surface area contributed by atoms with E-state index in [4.69, 9.17) is 18.5 Å². The number of hydrogen-bond donors (Lipinski definition) is 3. The second-order valence-corrected chi connectivity index (χ2v) is 14.7. The van der Waals surface area contributed by atoms with Gasteiger partial charge in [0.25, 0.3) is 0 Å². The molecule has 0 heterocycles. The summed E-state index contributed by atoms with van der Waals surface area (Å²) in [5.41, 5.74) is 0. The largest absolute Gasteiger partial charge is 0.472 e. The Morgan fingerprint density at radius 3 is 0.979 bits per heavy atom. The first kappa shape index (κ1) is 47.0. The van der Waals surface area contributed by atoms with Gasteiger partial charge in [0.05, 0.1) is 26.4 Å². The predicted octanol–water partition coefficient (Wildman–Crippen LogP) is 9.50. The Morgan fingerprint density at radius 2 is 0.729 bits per heavy atom. The molecule has 0 aromatic heterocycles. The lowest BCUT2D eigenvalue weighted by molar-refractivity contribution is -0.153. The lowest BCUT2D eigenvalue weighted by Gasteiger charge is -2.20. The van der Waals surface area contributed by atoms with Crippen molar-refractivity contribution in [3.05, 3.63) is 0 Å². The van der Waals surface area contributed by atoms with Gasteiger partial charge in [0.1, 0.15) is 12.2 Å². The second-order valence-electron chi connectivity index (χ2n) is 13.3. The first-order valence-corrected chi connectivity index (χ1v) is 21.0. The topological polar surface area (TPSA) is 149 Å². The Hall–Kier alpha value is -1.03. The summed E-state index contributed by atoms with van der Waals surface area (Å²) in [5, 5.41) is 19.0. The number of phosphoric acid groups is 1. The molecule has 3 N–H and O–H groups in total. The lowest BCUT2D eigenvalue weighted by atomic mass is 10.0. The molecule has 0 saturated heterocycles. The van der Waals surface area contributed by atoms with Crippen LogP contribution in [0.15, 0.2) is 0 Å². The summed E-state index contributed by atoms with van der Waals surface area (Å²) in [7, 11) is -4.61. The molecule has 0 aromatic rings. The third-order valence-electron chi connectivity index (χ3n) is 8.57. The number of aliphatic hydroxyl groups is 2. The third kappa shape index (κ3) is 32.2. The minimum absolute atomic E-state index is 0.195. The average molecular weight is 709 g/mol. The van der Waals surface area contributed by atoms with Crippen molar-refractivity contribution in [3.63, 3.8) is 0 Å². The van der Waals surface area contributed by atoms with E-state index < -0.39 is 58.4 Å². The van der Waals surface area contributed by atoms with Crippen LogP contribution in [0.4, 0.5) is 0 Å². The van der Waals surface area contributed by atoms with E-state index in [1.165, 1.54) is 109 Å². The average Bonchev–Trinajstić information content (AvgIpc) is 3.07. The lowest BCUT2D eigenvalue weighted by Crippen LogP contribution is -2.28. The number of carbonyl (C=O) groups excluding carboxylic acids is 2. The SMILES string of the molecule is CCCCCCCCCCCCCCCCCCCCC(=O)OC(CO)COP(=O)(O)OCC(CO)OC(=O)CCCCCCCCC. The van der Waals surface area contributed by atoms with Crippen LogP contribution in [0.5, 0.6) is 0 Å². The summed E-state index contributed by atoms with van der Waals surface area (Å²) in [6, 6.07) is 0. The van der Waals surface area contributed by atoms with E-state index in [0.29, 0.717) is 12.8 Å². The second kappa shape index (κ2) is 34.4. The van der Waals surface area contributed by atoms with Crippen LogP contribution >= 0.6 is 7.82 Å². The molecule has 0 aromatic carbocycles. The van der Waals surface area contributed by atoms with E-state index in [2.05, 4.69) is 13.8 Å². The molecule has 10 nitrogen and oxygen atoms in total. The van der Waals surface area contributed by atoms with Crippen LogP contribution in [0, 0.1) is 0 Å². The summed E-state index contributed by atoms with van der Waals surface area (Å²) >= 11 is 0. The number of ether oxygens (including phenoxy) is 2. The number of hydrogen-bond acceptors (Lipinski definition) is 9. The van der Waals surface area contributed by atoms with Crippen molar-refractivity contribution < 1.29 is 47.8 Å². The standard InChI is InChI=1S/C37H73O10P/c1-3-5-7-9-11-12-13-14-15-16-17-18-19-20-21-23-25-27-29-37(41)47-35(31-39)33-45-48(42,43)44-32-34(30-38)46-36(40)28-26-24-22-10-8-6-4-2/h34-35,38-39H,3-33H2,1-2H3,(H,42,43).